The highest BCUT2D eigenvalue weighted by Gasteiger charge is 2.21. The van der Waals surface area contributed by atoms with Crippen molar-refractivity contribution in [3.63, 3.8) is 0 Å². The summed E-state index contributed by atoms with van der Waals surface area (Å²) in [5.41, 5.74) is 1.04. The van der Waals surface area contributed by atoms with E-state index >= 15 is 0 Å². The van der Waals surface area contributed by atoms with Crippen LogP contribution in [0, 0.1) is 5.92 Å². The van der Waals surface area contributed by atoms with Gasteiger partial charge in [0.15, 0.2) is 11.6 Å². The Morgan fingerprint density at radius 3 is 2.71 bits per heavy atom. The van der Waals surface area contributed by atoms with Crippen LogP contribution in [0.15, 0.2) is 24.3 Å². The largest absolute Gasteiger partial charge is 0.351 e. The number of para-hydroxylation sites is 1. The summed E-state index contributed by atoms with van der Waals surface area (Å²) in [5, 5.41) is 4.06. The zero-order valence-electron chi connectivity index (χ0n) is 13.1. The third kappa shape index (κ3) is 4.25. The van der Waals surface area contributed by atoms with Crippen LogP contribution in [0.4, 0.5) is 0 Å². The molecule has 0 aliphatic rings. The predicted octanol–water partition coefficient (Wildman–Crippen LogP) is 1.64. The van der Waals surface area contributed by atoms with Crippen molar-refractivity contribution in [3.05, 3.63) is 29.3 Å². The van der Waals surface area contributed by atoms with Gasteiger partial charge in [-0.15, -0.1) is 11.3 Å². The fraction of sp³-hybridized carbons (Fsp3) is 0.500. The van der Waals surface area contributed by atoms with Gasteiger partial charge in [0, 0.05) is 6.54 Å². The Hall–Kier alpha value is -1.46. The maximum atomic E-state index is 11.9. The molecule has 2 rings (SSSR count). The Balaban J connectivity index is 1.98. The number of rotatable bonds is 6. The van der Waals surface area contributed by atoms with E-state index in [0.29, 0.717) is 12.5 Å². The Labute approximate surface area is 130 Å². The zero-order chi connectivity index (χ0) is 15.4. The van der Waals surface area contributed by atoms with Crippen molar-refractivity contribution in [2.24, 2.45) is 5.92 Å². The molecule has 1 heterocycles. The summed E-state index contributed by atoms with van der Waals surface area (Å²) in [7, 11) is 2.05. The van der Waals surface area contributed by atoms with Crippen molar-refractivity contribution in [2.75, 3.05) is 20.1 Å². The number of nitrogens with one attached hydrogen (secondary N) is 2. The van der Waals surface area contributed by atoms with Crippen molar-refractivity contribution in [1.29, 1.82) is 0 Å². The molecule has 114 valence electrons. The topological polar surface area (TPSA) is 46.4 Å². The van der Waals surface area contributed by atoms with E-state index in [1.807, 2.05) is 25.2 Å². The summed E-state index contributed by atoms with van der Waals surface area (Å²) in [6.07, 6.45) is 0. The first kappa shape index (κ1) is 15.9. The molecule has 0 bridgehead atoms. The number of benzene rings is 1. The molecule has 2 N–H and O–H groups in total. The molecule has 0 radical (unpaired) electrons. The summed E-state index contributed by atoms with van der Waals surface area (Å²) in [6.45, 7) is 7.54. The van der Waals surface area contributed by atoms with Crippen LogP contribution in [0.2, 0.25) is 0 Å². The molecule has 0 spiro atoms. The highest BCUT2D eigenvalue weighted by Crippen LogP contribution is 2.24. The van der Waals surface area contributed by atoms with E-state index in [-0.39, 0.29) is 11.9 Å². The fourth-order valence-corrected chi connectivity index (χ4v) is 3.18. The standard InChI is InChI=1S/C16H23N3OS/c1-11(2)9-17-15(20)10-19(4)12(3)16-18-13-7-5-6-8-14(13)21-16/h5-8,11-12H,9-10H2,1-4H3,(H,17,20)/p+1/t12-/m1/s1. The van der Waals surface area contributed by atoms with Crippen LogP contribution >= 0.6 is 11.3 Å². The number of carbonyl (C=O) groups is 1. The predicted molar refractivity (Wildman–Crippen MR) is 87.6 cm³/mol. The minimum atomic E-state index is 0.106. The van der Waals surface area contributed by atoms with Gasteiger partial charge in [-0.25, -0.2) is 4.98 Å². The second-order valence-electron chi connectivity index (χ2n) is 5.96. The van der Waals surface area contributed by atoms with Gasteiger partial charge in [-0.1, -0.05) is 26.0 Å². The van der Waals surface area contributed by atoms with Crippen LogP contribution in [-0.2, 0) is 4.79 Å². The first-order chi connectivity index (χ1) is 9.97. The van der Waals surface area contributed by atoms with E-state index < -0.39 is 0 Å². The van der Waals surface area contributed by atoms with E-state index in [4.69, 9.17) is 0 Å². The van der Waals surface area contributed by atoms with Gasteiger partial charge in [0.25, 0.3) is 5.91 Å². The van der Waals surface area contributed by atoms with Gasteiger partial charge in [0.1, 0.15) is 6.04 Å². The monoisotopic (exact) mass is 306 g/mol. The summed E-state index contributed by atoms with van der Waals surface area (Å²) in [5.74, 6) is 0.588. The molecule has 0 saturated heterocycles. The van der Waals surface area contributed by atoms with E-state index in [1.54, 1.807) is 11.3 Å². The zero-order valence-corrected chi connectivity index (χ0v) is 14.0. The summed E-state index contributed by atoms with van der Waals surface area (Å²) in [4.78, 5) is 17.8. The molecule has 2 atom stereocenters. The number of amides is 1. The quantitative estimate of drug-likeness (QED) is 0.852. The number of quaternary nitrogens is 1. The van der Waals surface area contributed by atoms with Crippen molar-refractivity contribution in [2.45, 2.75) is 26.8 Å². The van der Waals surface area contributed by atoms with Crippen LogP contribution in [0.5, 0.6) is 0 Å². The van der Waals surface area contributed by atoms with E-state index in [1.165, 1.54) is 4.70 Å². The highest BCUT2D eigenvalue weighted by atomic mass is 32.1. The summed E-state index contributed by atoms with van der Waals surface area (Å²) >= 11 is 1.72. The molecule has 0 fully saturated rings. The molecular formula is C16H24N3OS+. The average Bonchev–Trinajstić information content (AvgIpc) is 2.88. The lowest BCUT2D eigenvalue weighted by Crippen LogP contribution is -3.10. The number of nitrogens with zero attached hydrogens (tertiary/aromatic N) is 1. The van der Waals surface area contributed by atoms with Crippen LogP contribution < -0.4 is 10.2 Å². The Bertz CT molecular complexity index is 575. The third-order valence-corrected chi connectivity index (χ3v) is 4.79. The van der Waals surface area contributed by atoms with Gasteiger partial charge in [0.05, 0.1) is 17.3 Å². The van der Waals surface area contributed by atoms with Crippen molar-refractivity contribution < 1.29 is 9.69 Å². The van der Waals surface area contributed by atoms with Gasteiger partial charge >= 0.3 is 0 Å². The van der Waals surface area contributed by atoms with E-state index in [0.717, 1.165) is 22.0 Å². The van der Waals surface area contributed by atoms with Crippen LogP contribution in [0.3, 0.4) is 0 Å². The number of hydrogen-bond donors (Lipinski definition) is 2. The molecule has 0 aliphatic carbocycles. The Kier molecular flexibility index (Phi) is 5.31. The van der Waals surface area contributed by atoms with Gasteiger partial charge < -0.3 is 10.2 Å². The smallest absolute Gasteiger partial charge is 0.275 e. The minimum absolute atomic E-state index is 0.106. The maximum Gasteiger partial charge on any atom is 0.275 e. The van der Waals surface area contributed by atoms with Gasteiger partial charge in [-0.05, 0) is 25.0 Å². The molecule has 2 aromatic rings. The molecule has 5 heteroatoms. The van der Waals surface area contributed by atoms with E-state index in [9.17, 15) is 4.79 Å². The van der Waals surface area contributed by atoms with Gasteiger partial charge in [-0.3, -0.25) is 4.79 Å². The first-order valence-corrected chi connectivity index (χ1v) is 8.23. The lowest BCUT2D eigenvalue weighted by molar-refractivity contribution is -0.902. The molecule has 1 aromatic carbocycles. The first-order valence-electron chi connectivity index (χ1n) is 7.42. The van der Waals surface area contributed by atoms with Crippen molar-refractivity contribution in [1.82, 2.24) is 10.3 Å². The molecule has 4 nitrogen and oxygen atoms in total. The molecule has 21 heavy (non-hydrogen) atoms. The van der Waals surface area contributed by atoms with Crippen LogP contribution in [0.1, 0.15) is 31.8 Å². The van der Waals surface area contributed by atoms with Gasteiger partial charge in [-0.2, -0.15) is 0 Å². The molecular weight excluding hydrogens is 282 g/mol. The number of carbonyl (C=O) groups excluding carboxylic acids is 1. The normalized spacial score (nSPS) is 14.3. The number of hydrogen-bond acceptors (Lipinski definition) is 3. The van der Waals surface area contributed by atoms with Crippen molar-refractivity contribution in [3.8, 4) is 0 Å². The lowest BCUT2D eigenvalue weighted by Gasteiger charge is -2.19. The van der Waals surface area contributed by atoms with Crippen molar-refractivity contribution >= 4 is 27.5 Å². The fourth-order valence-electron chi connectivity index (χ4n) is 2.07. The average molecular weight is 306 g/mol. The molecule has 1 amide bonds. The molecule has 1 unspecified atom stereocenters. The number of likely N-dealkylation sites (N-methyl/N-ethyl adjacent to an activating group) is 1. The number of aromatic nitrogens is 1. The SMILES string of the molecule is CC(C)CNC(=O)C[NH+](C)[C@H](C)c1nc2ccccc2s1. The van der Waals surface area contributed by atoms with E-state index in [2.05, 4.69) is 37.1 Å². The third-order valence-electron chi connectivity index (χ3n) is 3.57. The second-order valence-corrected chi connectivity index (χ2v) is 7.02. The number of thiazole rings is 1. The maximum absolute atomic E-state index is 11.9. The van der Waals surface area contributed by atoms with Crippen LogP contribution in [-0.4, -0.2) is 31.0 Å². The van der Waals surface area contributed by atoms with Gasteiger partial charge in [0.2, 0.25) is 0 Å². The summed E-state index contributed by atoms with van der Waals surface area (Å²) < 4.78 is 1.21. The molecule has 0 saturated carbocycles. The molecule has 0 aliphatic heterocycles. The minimum Gasteiger partial charge on any atom is -0.351 e. The number of fused-ring (bicyclic) bond motifs is 1. The lowest BCUT2D eigenvalue weighted by atomic mass is 10.2. The Morgan fingerprint density at radius 2 is 2.05 bits per heavy atom. The summed E-state index contributed by atoms with van der Waals surface area (Å²) in [6, 6.07) is 8.38. The second kappa shape index (κ2) is 7.00. The highest BCUT2D eigenvalue weighted by molar-refractivity contribution is 7.18. The molecule has 1 aromatic heterocycles. The Morgan fingerprint density at radius 1 is 1.33 bits per heavy atom. The van der Waals surface area contributed by atoms with Crippen LogP contribution in [0.25, 0.3) is 10.2 Å².